The van der Waals surface area contributed by atoms with Gasteiger partial charge in [0.2, 0.25) is 0 Å². The number of hydrogen-bond acceptors (Lipinski definition) is 4. The molecule has 0 amide bonds. The van der Waals surface area contributed by atoms with E-state index in [1.54, 1.807) is 6.92 Å². The van der Waals surface area contributed by atoms with Crippen molar-refractivity contribution in [1.82, 2.24) is 4.90 Å². The molecule has 0 aromatic heterocycles. The van der Waals surface area contributed by atoms with Gasteiger partial charge in [0.25, 0.3) is 0 Å². The van der Waals surface area contributed by atoms with Crippen molar-refractivity contribution in [2.24, 2.45) is 17.1 Å². The third-order valence-electron chi connectivity index (χ3n) is 6.87. The summed E-state index contributed by atoms with van der Waals surface area (Å²) >= 11 is 6.08. The number of nitrogens with two attached hydrogens (primary N) is 1. The molecule has 4 nitrogen and oxygen atoms in total. The topological polar surface area (TPSA) is 70.2 Å². The summed E-state index contributed by atoms with van der Waals surface area (Å²) in [6.07, 6.45) is 2.40. The zero-order chi connectivity index (χ0) is 18.1. The Morgan fingerprint density at radius 2 is 2.24 bits per heavy atom. The van der Waals surface area contributed by atoms with E-state index in [2.05, 4.69) is 18.4 Å². The Morgan fingerprint density at radius 1 is 1.52 bits per heavy atom. The zero-order valence-electron chi connectivity index (χ0n) is 14.7. The lowest BCUT2D eigenvalue weighted by atomic mass is 9.83. The van der Waals surface area contributed by atoms with Crippen molar-refractivity contribution in [2.45, 2.75) is 50.7 Å². The van der Waals surface area contributed by atoms with Crippen molar-refractivity contribution in [2.75, 3.05) is 0 Å². The number of hydrogen-bond donors (Lipinski definition) is 2. The van der Waals surface area contributed by atoms with Crippen LogP contribution in [0.3, 0.4) is 0 Å². The summed E-state index contributed by atoms with van der Waals surface area (Å²) in [5.74, 6) is 0.406. The summed E-state index contributed by atoms with van der Waals surface area (Å²) < 4.78 is 0. The summed E-state index contributed by atoms with van der Waals surface area (Å²) in [5, 5.41) is 9.21. The van der Waals surface area contributed by atoms with Gasteiger partial charge in [0.1, 0.15) is 0 Å². The largest absolute Gasteiger partial charge is 0.357 e. The molecule has 0 radical (unpaired) electrons. The molecule has 1 spiro atoms. The van der Waals surface area contributed by atoms with Crippen LogP contribution >= 0.6 is 11.6 Å². The van der Waals surface area contributed by atoms with E-state index in [0.29, 0.717) is 17.2 Å². The van der Waals surface area contributed by atoms with Crippen LogP contribution in [0.2, 0.25) is 5.02 Å². The van der Waals surface area contributed by atoms with E-state index in [4.69, 9.17) is 22.7 Å². The predicted octanol–water partition coefficient (Wildman–Crippen LogP) is 3.38. The van der Waals surface area contributed by atoms with Gasteiger partial charge in [-0.3, -0.25) is 4.79 Å². The number of carbonyl (C=O) groups excluding carboxylic acids is 1. The fraction of sp³-hybridized carbons (Fsp3) is 0.500. The van der Waals surface area contributed by atoms with E-state index in [-0.39, 0.29) is 34.7 Å². The molecule has 3 aliphatic rings. The summed E-state index contributed by atoms with van der Waals surface area (Å²) in [5.41, 5.74) is 8.63. The Kier molecular flexibility index (Phi) is 3.48. The van der Waals surface area contributed by atoms with Crippen LogP contribution in [0.5, 0.6) is 0 Å². The number of carbonyl (C=O) groups is 1. The van der Waals surface area contributed by atoms with Gasteiger partial charge < -0.3 is 16.0 Å². The van der Waals surface area contributed by atoms with Gasteiger partial charge in [-0.15, -0.1) is 0 Å². The monoisotopic (exact) mass is 357 g/mol. The standard InChI is InChI=1S/C20H24ClN3O/c1-11-18(23)19(3)10-20(19)14(9-17(12(2)25)24(11)20)8-16(22)13-5-4-6-15(21)7-13/h4-7,14,17-18,22H,1,8-10,23H2,2-3H3. The first kappa shape index (κ1) is 16.8. The predicted molar refractivity (Wildman–Crippen MR) is 99.9 cm³/mol. The summed E-state index contributed by atoms with van der Waals surface area (Å²) in [6, 6.07) is 7.20. The van der Waals surface area contributed by atoms with Gasteiger partial charge in [-0.25, -0.2) is 0 Å². The van der Waals surface area contributed by atoms with Gasteiger partial charge >= 0.3 is 0 Å². The van der Waals surface area contributed by atoms with Crippen molar-refractivity contribution >= 4 is 23.1 Å². The highest BCUT2D eigenvalue weighted by Gasteiger charge is 2.81. The zero-order valence-corrected chi connectivity index (χ0v) is 15.4. The lowest BCUT2D eigenvalue weighted by Crippen LogP contribution is -2.40. The third kappa shape index (κ3) is 2.04. The fourth-order valence-corrected chi connectivity index (χ4v) is 5.72. The quantitative estimate of drug-likeness (QED) is 0.811. The summed E-state index contributed by atoms with van der Waals surface area (Å²) in [7, 11) is 0. The van der Waals surface area contributed by atoms with E-state index in [1.807, 2.05) is 24.3 Å². The number of ketones is 1. The maximum Gasteiger partial charge on any atom is 0.152 e. The van der Waals surface area contributed by atoms with Crippen molar-refractivity contribution in [3.8, 4) is 0 Å². The van der Waals surface area contributed by atoms with Crippen LogP contribution in [0.15, 0.2) is 36.5 Å². The first-order chi connectivity index (χ1) is 11.7. The number of piperidine rings is 1. The normalized spacial score (nSPS) is 38.5. The molecule has 4 rings (SSSR count). The summed E-state index contributed by atoms with van der Waals surface area (Å²) in [6.45, 7) is 8.05. The van der Waals surface area contributed by atoms with Crippen LogP contribution in [0.4, 0.5) is 0 Å². The molecule has 0 bridgehead atoms. The molecule has 2 aliphatic heterocycles. The number of benzene rings is 1. The summed E-state index contributed by atoms with van der Waals surface area (Å²) in [4.78, 5) is 14.5. The Hall–Kier alpha value is -1.65. The van der Waals surface area contributed by atoms with Gasteiger partial charge in [0.15, 0.2) is 5.78 Å². The minimum atomic E-state index is -0.153. The Bertz CT molecular complexity index is 806. The van der Waals surface area contributed by atoms with Gasteiger partial charge in [0, 0.05) is 21.8 Å². The van der Waals surface area contributed by atoms with E-state index in [9.17, 15) is 4.79 Å². The minimum absolute atomic E-state index is 0.0342. The minimum Gasteiger partial charge on any atom is -0.357 e. The fourth-order valence-electron chi connectivity index (χ4n) is 5.52. The molecule has 5 unspecified atom stereocenters. The van der Waals surface area contributed by atoms with Crippen molar-refractivity contribution < 1.29 is 4.79 Å². The molecule has 25 heavy (non-hydrogen) atoms. The molecule has 5 heteroatoms. The van der Waals surface area contributed by atoms with Gasteiger partial charge in [-0.05, 0) is 49.8 Å². The second-order valence-corrected chi connectivity index (χ2v) is 8.55. The van der Waals surface area contributed by atoms with Crippen LogP contribution in [-0.4, -0.2) is 34.0 Å². The third-order valence-corrected chi connectivity index (χ3v) is 7.11. The van der Waals surface area contributed by atoms with Crippen LogP contribution < -0.4 is 5.73 Å². The first-order valence-corrected chi connectivity index (χ1v) is 9.17. The second kappa shape index (κ2) is 5.18. The van der Waals surface area contributed by atoms with E-state index >= 15 is 0 Å². The maximum atomic E-state index is 12.3. The maximum absolute atomic E-state index is 12.3. The van der Waals surface area contributed by atoms with Crippen molar-refractivity contribution in [3.05, 3.63) is 47.1 Å². The Morgan fingerprint density at radius 3 is 2.88 bits per heavy atom. The molecule has 3 N–H and O–H groups in total. The van der Waals surface area contributed by atoms with Crippen LogP contribution in [0.1, 0.15) is 38.7 Å². The van der Waals surface area contributed by atoms with E-state index in [1.165, 1.54) is 0 Å². The second-order valence-electron chi connectivity index (χ2n) is 8.11. The Balaban J connectivity index is 1.66. The average Bonchev–Trinajstić information content (AvgIpc) is 2.99. The lowest BCUT2D eigenvalue weighted by Gasteiger charge is -2.31. The van der Waals surface area contributed by atoms with Crippen molar-refractivity contribution in [3.63, 3.8) is 0 Å². The molecule has 3 fully saturated rings. The van der Waals surface area contributed by atoms with Crippen LogP contribution in [0, 0.1) is 16.7 Å². The van der Waals surface area contributed by atoms with Crippen molar-refractivity contribution in [1.29, 1.82) is 5.41 Å². The first-order valence-electron chi connectivity index (χ1n) is 8.80. The van der Waals surface area contributed by atoms with Gasteiger partial charge in [-0.1, -0.05) is 37.2 Å². The van der Waals surface area contributed by atoms with Crippen LogP contribution in [0.25, 0.3) is 0 Å². The lowest BCUT2D eigenvalue weighted by molar-refractivity contribution is -0.121. The molecule has 1 saturated carbocycles. The Labute approximate surface area is 153 Å². The van der Waals surface area contributed by atoms with Crippen LogP contribution in [-0.2, 0) is 4.79 Å². The highest BCUT2D eigenvalue weighted by molar-refractivity contribution is 6.31. The SMILES string of the molecule is C=C1C(N)C2(C)CC23C(CC(=N)c2cccc(Cl)c2)CC(C(C)=O)N13. The molecule has 1 aromatic rings. The molecule has 2 saturated heterocycles. The number of rotatable bonds is 4. The number of Topliss-reactive ketones (excluding diaryl/α,β-unsaturated/α-hetero) is 1. The molecule has 1 aliphatic carbocycles. The number of nitrogens with one attached hydrogen (secondary N) is 1. The smallest absolute Gasteiger partial charge is 0.152 e. The van der Waals surface area contributed by atoms with E-state index in [0.717, 1.165) is 24.1 Å². The highest BCUT2D eigenvalue weighted by Crippen LogP contribution is 2.75. The number of nitrogens with zero attached hydrogens (tertiary/aromatic N) is 1. The molecule has 5 atom stereocenters. The van der Waals surface area contributed by atoms with E-state index < -0.39 is 0 Å². The molecule has 2 heterocycles. The van der Waals surface area contributed by atoms with Gasteiger partial charge in [0.05, 0.1) is 17.6 Å². The van der Waals surface area contributed by atoms with Gasteiger partial charge in [-0.2, -0.15) is 0 Å². The molecular weight excluding hydrogens is 334 g/mol. The molecule has 132 valence electrons. The number of halogens is 1. The molecule has 1 aromatic carbocycles. The molecular formula is C20H24ClN3O. The average molecular weight is 358 g/mol. The highest BCUT2D eigenvalue weighted by atomic mass is 35.5.